The van der Waals surface area contributed by atoms with Crippen LogP contribution < -0.4 is 16.0 Å². The summed E-state index contributed by atoms with van der Waals surface area (Å²) < 4.78 is 28.2. The Labute approximate surface area is 231 Å². The average molecular weight is 571 g/mol. The van der Waals surface area contributed by atoms with Gasteiger partial charge < -0.3 is 19.2 Å². The lowest BCUT2D eigenvalue weighted by Crippen LogP contribution is -2.44. The minimum Gasteiger partial charge on any atom is -0.496 e. The summed E-state index contributed by atoms with van der Waals surface area (Å²) in [4.78, 5) is 55.1. The maximum atomic E-state index is 14.4. The number of likely N-dealkylation sites (N-methyl/N-ethyl adjacent to an activating group) is 1. The number of methoxy groups -OCH3 is 1. The number of ether oxygens (including phenoxy) is 2. The Morgan fingerprint density at radius 3 is 2.62 bits per heavy atom. The van der Waals surface area contributed by atoms with Crippen LogP contribution in [0.25, 0.3) is 15.2 Å². The second-order valence-electron chi connectivity index (χ2n) is 9.36. The third-order valence-electron chi connectivity index (χ3n) is 6.97. The van der Waals surface area contributed by atoms with Crippen molar-refractivity contribution in [2.75, 3.05) is 27.3 Å². The van der Waals surface area contributed by atoms with Gasteiger partial charge in [-0.3, -0.25) is 14.2 Å². The molecule has 1 aliphatic heterocycles. The Balaban J connectivity index is 1.75. The number of benzene rings is 1. The van der Waals surface area contributed by atoms with Crippen LogP contribution >= 0.6 is 11.3 Å². The van der Waals surface area contributed by atoms with Crippen LogP contribution in [0.2, 0.25) is 0 Å². The fraction of sp³-hybridized carbons (Fsp3) is 0.385. The SMILES string of the molecule is COc1ccc(F)cc1[C@H](Cn1c(=O)n([C@H]2CCN(C)C2=O)c(=O)c2c(C)c(-n3nccn3)sc21)OCCC=O. The van der Waals surface area contributed by atoms with E-state index in [-0.39, 0.29) is 30.9 Å². The smallest absolute Gasteiger partial charge is 0.332 e. The van der Waals surface area contributed by atoms with Crippen LogP contribution in [0.15, 0.2) is 40.2 Å². The van der Waals surface area contributed by atoms with Gasteiger partial charge in [0.2, 0.25) is 5.91 Å². The van der Waals surface area contributed by atoms with E-state index >= 15 is 0 Å². The Hall–Kier alpha value is -4.17. The summed E-state index contributed by atoms with van der Waals surface area (Å²) in [6.45, 7) is 1.98. The summed E-state index contributed by atoms with van der Waals surface area (Å²) in [5, 5.41) is 9.13. The highest BCUT2D eigenvalue weighted by molar-refractivity contribution is 7.21. The molecular weight excluding hydrogens is 543 g/mol. The minimum absolute atomic E-state index is 0.00317. The number of carbonyl (C=O) groups is 2. The summed E-state index contributed by atoms with van der Waals surface area (Å²) in [6, 6.07) is 2.97. The zero-order chi connectivity index (χ0) is 28.6. The van der Waals surface area contributed by atoms with Gasteiger partial charge in [0.1, 0.15) is 39.8 Å². The fourth-order valence-electron chi connectivity index (χ4n) is 4.97. The number of fused-ring (bicyclic) bond motifs is 1. The standard InChI is InChI=1S/C26H27FN6O6S/c1-15-21-23(36)32(18-7-10-30(2)22(18)35)26(37)31(25(21)40-24(15)33-28-8-9-29-33)14-20(39-12-4-11-34)17-13-16(27)5-6-19(17)38-3/h5-6,8-9,11,13,18,20H,4,7,10,12,14H2,1-3H3/t18-,20-/m0/s1. The summed E-state index contributed by atoms with van der Waals surface area (Å²) >= 11 is 1.14. The largest absolute Gasteiger partial charge is 0.496 e. The zero-order valence-electron chi connectivity index (χ0n) is 22.1. The van der Waals surface area contributed by atoms with E-state index in [0.717, 1.165) is 15.9 Å². The molecule has 40 heavy (non-hydrogen) atoms. The molecule has 0 unspecified atom stereocenters. The van der Waals surface area contributed by atoms with Gasteiger partial charge in [-0.05, 0) is 31.5 Å². The first kappa shape index (κ1) is 27.4. The number of amides is 1. The zero-order valence-corrected chi connectivity index (χ0v) is 22.9. The van der Waals surface area contributed by atoms with Crippen molar-refractivity contribution in [1.82, 2.24) is 29.0 Å². The van der Waals surface area contributed by atoms with E-state index in [2.05, 4.69) is 10.2 Å². The van der Waals surface area contributed by atoms with Gasteiger partial charge in [0.15, 0.2) is 0 Å². The molecule has 3 aromatic heterocycles. The molecule has 12 nitrogen and oxygen atoms in total. The molecule has 1 saturated heterocycles. The van der Waals surface area contributed by atoms with E-state index in [1.807, 2.05) is 0 Å². The number of rotatable bonds is 10. The number of aldehydes is 1. The van der Waals surface area contributed by atoms with Crippen molar-refractivity contribution in [3.8, 4) is 10.8 Å². The second kappa shape index (κ2) is 11.1. The molecule has 0 radical (unpaired) electrons. The highest BCUT2D eigenvalue weighted by atomic mass is 32.1. The molecule has 1 aromatic carbocycles. The molecule has 0 saturated carbocycles. The normalized spacial score (nSPS) is 16.1. The maximum Gasteiger partial charge on any atom is 0.332 e. The summed E-state index contributed by atoms with van der Waals surface area (Å²) in [5.74, 6) is -0.551. The van der Waals surface area contributed by atoms with E-state index in [1.165, 1.54) is 52.0 Å². The first-order valence-electron chi connectivity index (χ1n) is 12.6. The lowest BCUT2D eigenvalue weighted by Gasteiger charge is -2.23. The molecular formula is C26H27FN6O6S. The van der Waals surface area contributed by atoms with Crippen molar-refractivity contribution >= 4 is 33.7 Å². The number of hydrogen-bond donors (Lipinski definition) is 0. The fourth-order valence-corrected chi connectivity index (χ4v) is 6.18. The van der Waals surface area contributed by atoms with Crippen molar-refractivity contribution in [3.63, 3.8) is 0 Å². The molecule has 0 spiro atoms. The molecule has 14 heteroatoms. The average Bonchev–Trinajstić information content (AvgIpc) is 3.66. The van der Waals surface area contributed by atoms with Crippen LogP contribution in [0.4, 0.5) is 4.39 Å². The predicted molar refractivity (Wildman–Crippen MR) is 144 cm³/mol. The third-order valence-corrected chi connectivity index (χ3v) is 8.25. The molecule has 1 amide bonds. The van der Waals surface area contributed by atoms with Gasteiger partial charge in [-0.1, -0.05) is 11.3 Å². The number of aromatic nitrogens is 5. The number of nitrogens with zero attached hydrogens (tertiary/aromatic N) is 6. The van der Waals surface area contributed by atoms with Crippen molar-refractivity contribution < 1.29 is 23.5 Å². The van der Waals surface area contributed by atoms with E-state index < -0.39 is 29.2 Å². The summed E-state index contributed by atoms with van der Waals surface area (Å²) in [6.07, 6.45) is 3.12. The molecule has 0 N–H and O–H groups in total. The molecule has 1 fully saturated rings. The van der Waals surface area contributed by atoms with Gasteiger partial charge in [0.05, 0.1) is 38.0 Å². The molecule has 5 rings (SSSR count). The quantitative estimate of drug-likeness (QED) is 0.209. The Morgan fingerprint density at radius 2 is 1.98 bits per heavy atom. The van der Waals surface area contributed by atoms with Gasteiger partial charge in [-0.2, -0.15) is 10.2 Å². The number of aryl methyl sites for hydroxylation is 1. The maximum absolute atomic E-state index is 14.4. The third kappa shape index (κ3) is 4.73. The monoisotopic (exact) mass is 570 g/mol. The topological polar surface area (TPSA) is 131 Å². The van der Waals surface area contributed by atoms with Gasteiger partial charge in [0, 0.05) is 31.1 Å². The van der Waals surface area contributed by atoms with Crippen LogP contribution in [-0.2, 0) is 20.9 Å². The molecule has 4 heterocycles. The van der Waals surface area contributed by atoms with Gasteiger partial charge in [0.25, 0.3) is 5.56 Å². The first-order valence-corrected chi connectivity index (χ1v) is 13.4. The van der Waals surface area contributed by atoms with Crippen LogP contribution in [0.3, 0.4) is 0 Å². The number of likely N-dealkylation sites (tertiary alicyclic amines) is 1. The predicted octanol–water partition coefficient (Wildman–Crippen LogP) is 2.01. The van der Waals surface area contributed by atoms with Crippen molar-refractivity contribution in [3.05, 3.63) is 68.4 Å². The Morgan fingerprint density at radius 1 is 1.23 bits per heavy atom. The van der Waals surface area contributed by atoms with Gasteiger partial charge >= 0.3 is 5.69 Å². The van der Waals surface area contributed by atoms with Crippen LogP contribution in [-0.4, -0.2) is 68.5 Å². The molecule has 4 aromatic rings. The van der Waals surface area contributed by atoms with Crippen LogP contribution in [0.5, 0.6) is 5.75 Å². The Kier molecular flexibility index (Phi) is 7.63. The summed E-state index contributed by atoms with van der Waals surface area (Å²) in [5.41, 5.74) is -0.417. The van der Waals surface area contributed by atoms with E-state index in [9.17, 15) is 23.6 Å². The minimum atomic E-state index is -0.968. The molecule has 1 aliphatic rings. The lowest BCUT2D eigenvalue weighted by molar-refractivity contribution is -0.129. The number of carbonyl (C=O) groups excluding carboxylic acids is 2. The first-order chi connectivity index (χ1) is 19.3. The second-order valence-corrected chi connectivity index (χ2v) is 10.3. The Bertz CT molecular complexity index is 1690. The van der Waals surface area contributed by atoms with Crippen molar-refractivity contribution in [2.45, 2.75) is 38.5 Å². The highest BCUT2D eigenvalue weighted by Gasteiger charge is 2.35. The molecule has 0 aliphatic carbocycles. The van der Waals surface area contributed by atoms with Crippen LogP contribution in [0.1, 0.15) is 36.1 Å². The van der Waals surface area contributed by atoms with Crippen molar-refractivity contribution in [2.24, 2.45) is 0 Å². The number of halogens is 1. The lowest BCUT2D eigenvalue weighted by atomic mass is 10.1. The van der Waals surface area contributed by atoms with Crippen molar-refractivity contribution in [1.29, 1.82) is 0 Å². The summed E-state index contributed by atoms with van der Waals surface area (Å²) in [7, 11) is 3.05. The molecule has 210 valence electrons. The number of hydrogen-bond acceptors (Lipinski definition) is 9. The molecule has 0 bridgehead atoms. The van der Waals surface area contributed by atoms with Gasteiger partial charge in [-0.15, -0.1) is 4.80 Å². The van der Waals surface area contributed by atoms with E-state index in [0.29, 0.717) is 46.0 Å². The van der Waals surface area contributed by atoms with E-state index in [4.69, 9.17) is 9.47 Å². The molecule has 2 atom stereocenters. The van der Waals surface area contributed by atoms with E-state index in [1.54, 1.807) is 14.0 Å². The van der Waals surface area contributed by atoms with Gasteiger partial charge in [-0.25, -0.2) is 13.8 Å². The highest BCUT2D eigenvalue weighted by Crippen LogP contribution is 2.34. The van der Waals surface area contributed by atoms with Crippen LogP contribution in [0, 0.1) is 12.7 Å². The number of thiophene rings is 1.